The lowest BCUT2D eigenvalue weighted by molar-refractivity contribution is 0.112. The number of hydrogen-bond donors (Lipinski definition) is 0. The molecule has 3 heteroatoms. The molecule has 0 N–H and O–H groups in total. The van der Waals surface area contributed by atoms with Crippen LogP contribution in [0.4, 0.5) is 0 Å². The van der Waals surface area contributed by atoms with Gasteiger partial charge in [-0.1, -0.05) is 17.7 Å². The molecule has 1 aromatic carbocycles. The van der Waals surface area contributed by atoms with Gasteiger partial charge in [-0.3, -0.25) is 4.79 Å². The lowest BCUT2D eigenvalue weighted by Gasteiger charge is -2.07. The normalized spacial score (nSPS) is 9.58. The summed E-state index contributed by atoms with van der Waals surface area (Å²) < 4.78 is 4.98. The first-order valence-corrected chi connectivity index (χ1v) is 3.86. The number of carbonyl (C=O) groups excluding carboxylic acids is 1. The van der Waals surface area contributed by atoms with Gasteiger partial charge < -0.3 is 4.74 Å². The van der Waals surface area contributed by atoms with Gasteiger partial charge >= 0.3 is 0 Å². The van der Waals surface area contributed by atoms with Crippen molar-refractivity contribution >= 4 is 17.9 Å². The summed E-state index contributed by atoms with van der Waals surface area (Å²) in [5, 5.41) is 0.463. The SMILES string of the molecule is COc1c(Cl)ccc(C)c1C=O. The second-order valence-electron chi connectivity index (χ2n) is 2.43. The van der Waals surface area contributed by atoms with E-state index in [-0.39, 0.29) is 0 Å². The molecule has 0 heterocycles. The Labute approximate surface area is 76.1 Å². The zero-order valence-corrected chi connectivity index (χ0v) is 7.68. The third-order valence-corrected chi connectivity index (χ3v) is 1.99. The van der Waals surface area contributed by atoms with Crippen LogP contribution in [0.5, 0.6) is 5.75 Å². The minimum absolute atomic E-state index is 0.451. The smallest absolute Gasteiger partial charge is 0.154 e. The molecule has 0 aliphatic heterocycles. The number of ether oxygens (including phenoxy) is 1. The zero-order chi connectivity index (χ0) is 9.14. The van der Waals surface area contributed by atoms with Crippen molar-refractivity contribution in [3.63, 3.8) is 0 Å². The standard InChI is InChI=1S/C9H9ClO2/c1-6-3-4-8(10)9(12-2)7(6)5-11/h3-5H,1-2H3. The zero-order valence-electron chi connectivity index (χ0n) is 6.93. The highest BCUT2D eigenvalue weighted by Gasteiger charge is 2.08. The molecule has 0 aliphatic rings. The van der Waals surface area contributed by atoms with E-state index in [1.54, 1.807) is 12.1 Å². The van der Waals surface area contributed by atoms with E-state index in [1.165, 1.54) is 7.11 Å². The molecule has 0 fully saturated rings. The molecule has 1 rings (SSSR count). The maximum atomic E-state index is 10.6. The molecule has 0 radical (unpaired) electrons. The van der Waals surface area contributed by atoms with Crippen LogP contribution in [0, 0.1) is 6.92 Å². The summed E-state index contributed by atoms with van der Waals surface area (Å²) in [6.45, 7) is 1.84. The van der Waals surface area contributed by atoms with Crippen molar-refractivity contribution < 1.29 is 9.53 Å². The summed E-state index contributed by atoms with van der Waals surface area (Å²) >= 11 is 5.80. The Kier molecular flexibility index (Phi) is 2.71. The minimum atomic E-state index is 0.451. The van der Waals surface area contributed by atoms with Gasteiger partial charge in [0.25, 0.3) is 0 Å². The van der Waals surface area contributed by atoms with Crippen LogP contribution < -0.4 is 4.74 Å². The van der Waals surface area contributed by atoms with E-state index in [2.05, 4.69) is 0 Å². The third-order valence-electron chi connectivity index (χ3n) is 1.69. The Balaban J connectivity index is 3.38. The number of aldehydes is 1. The fourth-order valence-electron chi connectivity index (χ4n) is 1.03. The highest BCUT2D eigenvalue weighted by molar-refractivity contribution is 6.32. The number of methoxy groups -OCH3 is 1. The summed E-state index contributed by atoms with van der Waals surface area (Å²) in [5.74, 6) is 0.451. The Bertz CT molecular complexity index is 308. The third kappa shape index (κ3) is 1.43. The van der Waals surface area contributed by atoms with Gasteiger partial charge in [0, 0.05) is 0 Å². The number of benzene rings is 1. The van der Waals surface area contributed by atoms with Crippen molar-refractivity contribution in [2.45, 2.75) is 6.92 Å². The molecule has 0 unspecified atom stereocenters. The highest BCUT2D eigenvalue weighted by Crippen LogP contribution is 2.29. The number of rotatable bonds is 2. The summed E-state index contributed by atoms with van der Waals surface area (Å²) in [6, 6.07) is 3.50. The van der Waals surface area contributed by atoms with Crippen LogP contribution in [0.25, 0.3) is 0 Å². The molecule has 12 heavy (non-hydrogen) atoms. The van der Waals surface area contributed by atoms with E-state index in [1.807, 2.05) is 6.92 Å². The largest absolute Gasteiger partial charge is 0.494 e. The Morgan fingerprint density at radius 3 is 2.58 bits per heavy atom. The maximum absolute atomic E-state index is 10.6. The van der Waals surface area contributed by atoms with Crippen molar-refractivity contribution in [3.8, 4) is 5.75 Å². The monoisotopic (exact) mass is 184 g/mol. The Morgan fingerprint density at radius 2 is 2.17 bits per heavy atom. The maximum Gasteiger partial charge on any atom is 0.154 e. The van der Waals surface area contributed by atoms with Crippen molar-refractivity contribution in [1.29, 1.82) is 0 Å². The first kappa shape index (κ1) is 9.07. The second kappa shape index (κ2) is 3.59. The van der Waals surface area contributed by atoms with Crippen LogP contribution in [-0.2, 0) is 0 Å². The Morgan fingerprint density at radius 1 is 1.50 bits per heavy atom. The fraction of sp³-hybridized carbons (Fsp3) is 0.222. The van der Waals surface area contributed by atoms with Gasteiger partial charge in [0.05, 0.1) is 17.7 Å². The van der Waals surface area contributed by atoms with Crippen molar-refractivity contribution in [3.05, 3.63) is 28.3 Å². The summed E-state index contributed by atoms with van der Waals surface area (Å²) in [5.41, 5.74) is 1.39. The molecule has 0 saturated heterocycles. The first-order chi connectivity index (χ1) is 5.70. The molecular weight excluding hydrogens is 176 g/mol. The lowest BCUT2D eigenvalue weighted by Crippen LogP contribution is -1.94. The average molecular weight is 185 g/mol. The van der Waals surface area contributed by atoms with Crippen LogP contribution in [0.3, 0.4) is 0 Å². The highest BCUT2D eigenvalue weighted by atomic mass is 35.5. The quantitative estimate of drug-likeness (QED) is 0.660. The molecule has 1 aromatic rings. The van der Waals surface area contributed by atoms with Crippen molar-refractivity contribution in [2.24, 2.45) is 0 Å². The van der Waals surface area contributed by atoms with E-state index in [4.69, 9.17) is 16.3 Å². The number of aryl methyl sites for hydroxylation is 1. The second-order valence-corrected chi connectivity index (χ2v) is 2.84. The van der Waals surface area contributed by atoms with E-state index in [0.29, 0.717) is 16.3 Å². The summed E-state index contributed by atoms with van der Waals surface area (Å²) in [6.07, 6.45) is 0.750. The molecule has 0 bridgehead atoms. The van der Waals surface area contributed by atoms with Crippen molar-refractivity contribution in [2.75, 3.05) is 7.11 Å². The molecule has 2 nitrogen and oxygen atoms in total. The fourth-order valence-corrected chi connectivity index (χ4v) is 1.27. The van der Waals surface area contributed by atoms with Gasteiger partial charge in [0.15, 0.2) is 6.29 Å². The Hall–Kier alpha value is -1.02. The van der Waals surface area contributed by atoms with Gasteiger partial charge in [-0.05, 0) is 18.6 Å². The van der Waals surface area contributed by atoms with Gasteiger partial charge in [-0.15, -0.1) is 0 Å². The van der Waals surface area contributed by atoms with E-state index >= 15 is 0 Å². The molecule has 0 aromatic heterocycles. The molecule has 0 amide bonds. The van der Waals surface area contributed by atoms with Crippen LogP contribution in [0.1, 0.15) is 15.9 Å². The molecule has 64 valence electrons. The van der Waals surface area contributed by atoms with E-state index < -0.39 is 0 Å². The van der Waals surface area contributed by atoms with Gasteiger partial charge in [0.1, 0.15) is 5.75 Å². The van der Waals surface area contributed by atoms with Crippen molar-refractivity contribution in [1.82, 2.24) is 0 Å². The number of halogens is 1. The van der Waals surface area contributed by atoms with Gasteiger partial charge in [-0.2, -0.15) is 0 Å². The molecule has 0 atom stereocenters. The summed E-state index contributed by atoms with van der Waals surface area (Å²) in [7, 11) is 1.49. The molecule has 0 spiro atoms. The van der Waals surface area contributed by atoms with Crippen LogP contribution in [0.2, 0.25) is 5.02 Å². The number of carbonyl (C=O) groups is 1. The van der Waals surface area contributed by atoms with Crippen LogP contribution >= 0.6 is 11.6 Å². The predicted molar refractivity (Wildman–Crippen MR) is 48.1 cm³/mol. The summed E-state index contributed by atoms with van der Waals surface area (Å²) in [4.78, 5) is 10.6. The van der Waals surface area contributed by atoms with Crippen LogP contribution in [-0.4, -0.2) is 13.4 Å². The molecule has 0 saturated carbocycles. The van der Waals surface area contributed by atoms with E-state index in [0.717, 1.165) is 11.8 Å². The first-order valence-electron chi connectivity index (χ1n) is 3.49. The lowest BCUT2D eigenvalue weighted by atomic mass is 10.1. The topological polar surface area (TPSA) is 26.3 Å². The van der Waals surface area contributed by atoms with Crippen LogP contribution in [0.15, 0.2) is 12.1 Å². The van der Waals surface area contributed by atoms with Gasteiger partial charge in [-0.25, -0.2) is 0 Å². The predicted octanol–water partition coefficient (Wildman–Crippen LogP) is 2.47. The molecule has 0 aliphatic carbocycles. The van der Waals surface area contributed by atoms with E-state index in [9.17, 15) is 4.79 Å². The number of hydrogen-bond acceptors (Lipinski definition) is 2. The molecular formula is C9H9ClO2. The minimum Gasteiger partial charge on any atom is -0.494 e. The average Bonchev–Trinajstić information content (AvgIpc) is 2.08. The van der Waals surface area contributed by atoms with Gasteiger partial charge in [0.2, 0.25) is 0 Å².